The average molecular weight is 402 g/mol. The van der Waals surface area contributed by atoms with Gasteiger partial charge in [-0.3, -0.25) is 4.21 Å². The van der Waals surface area contributed by atoms with Crippen molar-refractivity contribution in [3.63, 3.8) is 0 Å². The molecule has 1 unspecified atom stereocenters. The Morgan fingerprint density at radius 3 is 2.61 bits per heavy atom. The molecule has 5 nitrogen and oxygen atoms in total. The maximum Gasteiger partial charge on any atom is 0.341 e. The van der Waals surface area contributed by atoms with E-state index in [0.717, 1.165) is 11.1 Å². The highest BCUT2D eigenvalue weighted by molar-refractivity contribution is 7.85. The fraction of sp³-hybridized carbons (Fsp3) is 0.333. The lowest BCUT2D eigenvalue weighted by Crippen LogP contribution is -2.24. The van der Waals surface area contributed by atoms with Crippen LogP contribution in [0.25, 0.3) is 16.7 Å². The number of allylic oxidation sites excluding steroid dienone is 1. The molecule has 148 valence electrons. The molecule has 2 heterocycles. The zero-order valence-corrected chi connectivity index (χ0v) is 16.9. The van der Waals surface area contributed by atoms with Gasteiger partial charge in [0, 0.05) is 34.1 Å². The van der Waals surface area contributed by atoms with E-state index in [0.29, 0.717) is 29.1 Å². The highest BCUT2D eigenvalue weighted by atomic mass is 32.2. The molecule has 0 aliphatic carbocycles. The number of nitrogens with two attached hydrogens (primary N) is 1. The predicted molar refractivity (Wildman–Crippen MR) is 110 cm³/mol. The molecule has 0 spiro atoms. The summed E-state index contributed by atoms with van der Waals surface area (Å²) >= 11 is 0. The van der Waals surface area contributed by atoms with E-state index in [9.17, 15) is 13.4 Å². The van der Waals surface area contributed by atoms with Crippen LogP contribution in [0.3, 0.4) is 0 Å². The first kappa shape index (κ1) is 20.2. The molecule has 28 heavy (non-hydrogen) atoms. The molecule has 2 N–H and O–H groups in total. The Morgan fingerprint density at radius 1 is 1.25 bits per heavy atom. The quantitative estimate of drug-likeness (QED) is 0.786. The van der Waals surface area contributed by atoms with Crippen LogP contribution in [0.15, 0.2) is 36.5 Å². The van der Waals surface area contributed by atoms with Crippen molar-refractivity contribution in [1.82, 2.24) is 4.98 Å². The van der Waals surface area contributed by atoms with E-state index in [1.54, 1.807) is 33.0 Å². The normalized spacial score (nSPS) is 17.1. The van der Waals surface area contributed by atoms with Crippen LogP contribution in [-0.2, 0) is 15.5 Å². The SMILES string of the molecule is CC(C)(C)OC(=O)c1ccc(-c2cc(C3=CCS(=O)CC3)cnc2N)cc1F. The number of carbonyl (C=O) groups is 1. The smallest absolute Gasteiger partial charge is 0.341 e. The van der Waals surface area contributed by atoms with Crippen LogP contribution >= 0.6 is 0 Å². The molecule has 1 aliphatic rings. The number of nitrogens with zero attached hydrogens (tertiary/aromatic N) is 1. The zero-order valence-electron chi connectivity index (χ0n) is 16.1. The lowest BCUT2D eigenvalue weighted by atomic mass is 9.98. The topological polar surface area (TPSA) is 82.3 Å². The molecular formula is C21H23FN2O3S. The van der Waals surface area contributed by atoms with Crippen LogP contribution < -0.4 is 5.73 Å². The summed E-state index contributed by atoms with van der Waals surface area (Å²) in [6.45, 7) is 5.18. The number of pyridine rings is 1. The average Bonchev–Trinajstić information content (AvgIpc) is 2.61. The standard InChI is InChI=1S/C21H23FN2O3S/c1-21(2,3)27-20(25)16-5-4-14(11-18(16)22)17-10-15(12-24-19(17)23)13-6-8-28(26)9-7-13/h4-6,10-12H,7-9H2,1-3H3,(H2,23,24). The summed E-state index contributed by atoms with van der Waals surface area (Å²) in [6.07, 6.45) is 4.32. The van der Waals surface area contributed by atoms with Crippen LogP contribution in [0.5, 0.6) is 0 Å². The van der Waals surface area contributed by atoms with Crippen molar-refractivity contribution < 1.29 is 18.1 Å². The molecule has 0 fully saturated rings. The van der Waals surface area contributed by atoms with Crippen LogP contribution in [0.1, 0.15) is 43.1 Å². The minimum absolute atomic E-state index is 0.126. The van der Waals surface area contributed by atoms with Crippen molar-refractivity contribution in [1.29, 1.82) is 0 Å². The first-order valence-corrected chi connectivity index (χ1v) is 10.5. The number of esters is 1. The van der Waals surface area contributed by atoms with E-state index in [1.807, 2.05) is 12.1 Å². The van der Waals surface area contributed by atoms with Gasteiger partial charge in [0.25, 0.3) is 0 Å². The number of halogens is 1. The van der Waals surface area contributed by atoms with Gasteiger partial charge in [0.2, 0.25) is 0 Å². The summed E-state index contributed by atoms with van der Waals surface area (Å²) in [7, 11) is -0.813. The number of benzene rings is 1. The van der Waals surface area contributed by atoms with E-state index in [4.69, 9.17) is 10.5 Å². The fourth-order valence-corrected chi connectivity index (χ4v) is 3.93. The molecule has 0 bridgehead atoms. The van der Waals surface area contributed by atoms with Gasteiger partial charge in [-0.2, -0.15) is 0 Å². The second-order valence-electron chi connectivity index (χ2n) is 7.64. The summed E-state index contributed by atoms with van der Waals surface area (Å²) in [6, 6.07) is 6.14. The highest BCUT2D eigenvalue weighted by Gasteiger charge is 2.21. The Labute approximate surface area is 166 Å². The van der Waals surface area contributed by atoms with E-state index in [1.165, 1.54) is 12.1 Å². The van der Waals surface area contributed by atoms with Gasteiger partial charge in [0.1, 0.15) is 17.2 Å². The third-order valence-corrected chi connectivity index (χ3v) is 5.50. The Kier molecular flexibility index (Phi) is 5.65. The molecule has 0 amide bonds. The maximum atomic E-state index is 14.6. The largest absolute Gasteiger partial charge is 0.456 e. The lowest BCUT2D eigenvalue weighted by Gasteiger charge is -2.19. The number of rotatable bonds is 3. The van der Waals surface area contributed by atoms with Gasteiger partial charge in [-0.25, -0.2) is 14.2 Å². The minimum atomic E-state index is -0.813. The third-order valence-electron chi connectivity index (χ3n) is 4.30. The first-order valence-electron chi connectivity index (χ1n) is 8.97. The van der Waals surface area contributed by atoms with Crippen LogP contribution in [-0.4, -0.2) is 32.3 Å². The molecule has 7 heteroatoms. The molecule has 0 saturated carbocycles. The summed E-state index contributed by atoms with van der Waals surface area (Å²) in [4.78, 5) is 16.4. The Bertz CT molecular complexity index is 980. The molecule has 0 saturated heterocycles. The molecule has 1 aliphatic heterocycles. The van der Waals surface area contributed by atoms with Crippen molar-refractivity contribution in [3.8, 4) is 11.1 Å². The zero-order chi connectivity index (χ0) is 20.5. The number of ether oxygens (including phenoxy) is 1. The van der Waals surface area contributed by atoms with Crippen molar-refractivity contribution in [2.45, 2.75) is 32.8 Å². The molecule has 1 aromatic carbocycles. The van der Waals surface area contributed by atoms with Gasteiger partial charge in [0.05, 0.1) is 5.56 Å². The van der Waals surface area contributed by atoms with E-state index < -0.39 is 28.2 Å². The van der Waals surface area contributed by atoms with Crippen molar-refractivity contribution in [3.05, 3.63) is 53.5 Å². The van der Waals surface area contributed by atoms with Gasteiger partial charge < -0.3 is 10.5 Å². The van der Waals surface area contributed by atoms with E-state index in [-0.39, 0.29) is 11.4 Å². The summed E-state index contributed by atoms with van der Waals surface area (Å²) in [5.41, 5.74) is 8.21. The Hall–Kier alpha value is -2.54. The van der Waals surface area contributed by atoms with Crippen molar-refractivity contribution in [2.75, 3.05) is 17.2 Å². The summed E-state index contributed by atoms with van der Waals surface area (Å²) in [5, 5.41) is 0. The number of hydrogen-bond acceptors (Lipinski definition) is 5. The third kappa shape index (κ3) is 4.65. The second kappa shape index (κ2) is 7.83. The number of aromatic nitrogens is 1. The van der Waals surface area contributed by atoms with Crippen molar-refractivity contribution >= 4 is 28.2 Å². The lowest BCUT2D eigenvalue weighted by molar-refractivity contribution is 0.00647. The summed E-state index contributed by atoms with van der Waals surface area (Å²) < 4.78 is 31.4. The fourth-order valence-electron chi connectivity index (χ4n) is 2.93. The number of nitrogen functional groups attached to an aromatic ring is 1. The highest BCUT2D eigenvalue weighted by Crippen LogP contribution is 2.31. The minimum Gasteiger partial charge on any atom is -0.456 e. The molecule has 1 aromatic heterocycles. The van der Waals surface area contributed by atoms with Crippen molar-refractivity contribution in [2.24, 2.45) is 0 Å². The summed E-state index contributed by atoms with van der Waals surface area (Å²) in [5.74, 6) is 0.0210. The van der Waals surface area contributed by atoms with Gasteiger partial charge >= 0.3 is 5.97 Å². The molecule has 0 radical (unpaired) electrons. The first-order chi connectivity index (χ1) is 13.1. The van der Waals surface area contributed by atoms with Crippen LogP contribution in [0.2, 0.25) is 0 Å². The van der Waals surface area contributed by atoms with Gasteiger partial charge in [-0.05, 0) is 62.1 Å². The van der Waals surface area contributed by atoms with Gasteiger partial charge in [0.15, 0.2) is 0 Å². The predicted octanol–water partition coefficient (Wildman–Crippen LogP) is 3.96. The number of anilines is 1. The van der Waals surface area contributed by atoms with Crippen LogP contribution in [0, 0.1) is 5.82 Å². The molecule has 3 rings (SSSR count). The maximum absolute atomic E-state index is 14.6. The molecule has 2 aromatic rings. The Morgan fingerprint density at radius 2 is 2.00 bits per heavy atom. The van der Waals surface area contributed by atoms with E-state index in [2.05, 4.69) is 4.98 Å². The molecule has 1 atom stereocenters. The number of hydrogen-bond donors (Lipinski definition) is 1. The Balaban J connectivity index is 1.93. The van der Waals surface area contributed by atoms with Gasteiger partial charge in [-0.1, -0.05) is 12.1 Å². The second-order valence-corrected chi connectivity index (χ2v) is 9.26. The van der Waals surface area contributed by atoms with Crippen LogP contribution in [0.4, 0.5) is 10.2 Å². The monoisotopic (exact) mass is 402 g/mol. The van der Waals surface area contributed by atoms with Gasteiger partial charge in [-0.15, -0.1) is 0 Å². The van der Waals surface area contributed by atoms with E-state index >= 15 is 0 Å². The molecular weight excluding hydrogens is 379 g/mol. The number of carbonyl (C=O) groups excluding carboxylic acids is 1.